The number of aromatic nitrogens is 6. The van der Waals surface area contributed by atoms with Gasteiger partial charge in [-0.25, -0.2) is 13.8 Å². The topological polar surface area (TPSA) is 128 Å². The van der Waals surface area contributed by atoms with Crippen molar-refractivity contribution in [1.29, 1.82) is 0 Å². The van der Waals surface area contributed by atoms with Gasteiger partial charge in [0.2, 0.25) is 5.91 Å². The lowest BCUT2D eigenvalue weighted by molar-refractivity contribution is -0.122. The number of carbonyl (C=O) groups excluding carboxylic acids is 1. The average molecular weight is 608 g/mol. The van der Waals surface area contributed by atoms with E-state index in [0.29, 0.717) is 51.4 Å². The molecule has 0 atom stereocenters. The molecular weight excluding hydrogens is 576 g/mol. The standard InChI is InChI=1S/C33H31F2N9O/c1-44(2)10-9-37-22-12-19(11-21(34)14-22)24-7-4-8-25-30(24)41-32(40-25)31-27-26(42-43-31)17-38-29(28(27)35)20-13-23(16-36-15-20)39-33(45)18-5-3-6-18/h4,7-8,11-18,37H,3,5-6,9-10H2,1-2H3,(H,39,45)(H,40,41)(H,42,43). The second kappa shape index (κ2) is 11.7. The Bertz CT molecular complexity index is 2050. The molecule has 1 aliphatic rings. The molecule has 4 N–H and O–H groups in total. The third kappa shape index (κ3) is 5.60. The van der Waals surface area contributed by atoms with E-state index in [9.17, 15) is 9.18 Å². The molecule has 1 amide bonds. The van der Waals surface area contributed by atoms with Gasteiger partial charge in [-0.1, -0.05) is 18.6 Å². The summed E-state index contributed by atoms with van der Waals surface area (Å²) in [6, 6.07) is 12.1. The molecule has 7 rings (SSSR count). The predicted molar refractivity (Wildman–Crippen MR) is 171 cm³/mol. The number of rotatable bonds is 9. The first-order chi connectivity index (χ1) is 21.8. The Balaban J connectivity index is 1.24. The molecule has 0 spiro atoms. The number of halogens is 2. The van der Waals surface area contributed by atoms with Crippen LogP contribution in [0, 0.1) is 17.6 Å². The number of nitrogens with zero attached hydrogens (tertiary/aromatic N) is 5. The Hall–Kier alpha value is -5.23. The van der Waals surface area contributed by atoms with E-state index < -0.39 is 5.82 Å². The number of aromatic amines is 2. The summed E-state index contributed by atoms with van der Waals surface area (Å²) in [6.07, 6.45) is 7.34. The molecule has 2 aromatic carbocycles. The van der Waals surface area contributed by atoms with E-state index in [4.69, 9.17) is 4.98 Å². The summed E-state index contributed by atoms with van der Waals surface area (Å²) in [5.41, 5.74) is 4.99. The Morgan fingerprint density at radius 1 is 1.00 bits per heavy atom. The van der Waals surface area contributed by atoms with Crippen LogP contribution in [0.2, 0.25) is 0 Å². The number of hydrogen-bond donors (Lipinski definition) is 4. The summed E-state index contributed by atoms with van der Waals surface area (Å²) in [4.78, 5) is 31.1. The number of H-pyrrole nitrogens is 2. The van der Waals surface area contributed by atoms with Gasteiger partial charge in [0.05, 0.1) is 40.0 Å². The van der Waals surface area contributed by atoms with Crippen LogP contribution in [0.3, 0.4) is 0 Å². The number of para-hydroxylation sites is 1. The molecule has 228 valence electrons. The van der Waals surface area contributed by atoms with Crippen LogP contribution in [0.4, 0.5) is 20.2 Å². The second-order valence-electron chi connectivity index (χ2n) is 11.6. The molecule has 0 saturated heterocycles. The van der Waals surface area contributed by atoms with Crippen LogP contribution in [0.25, 0.3) is 55.8 Å². The summed E-state index contributed by atoms with van der Waals surface area (Å²) in [6.45, 7) is 1.46. The van der Waals surface area contributed by atoms with Crippen molar-refractivity contribution >= 4 is 39.2 Å². The van der Waals surface area contributed by atoms with Crippen LogP contribution in [0.5, 0.6) is 0 Å². The van der Waals surface area contributed by atoms with Gasteiger partial charge in [0.1, 0.15) is 17.2 Å². The van der Waals surface area contributed by atoms with Crippen molar-refractivity contribution in [3.63, 3.8) is 0 Å². The van der Waals surface area contributed by atoms with Crippen LogP contribution in [-0.2, 0) is 4.79 Å². The zero-order valence-corrected chi connectivity index (χ0v) is 24.8. The maximum Gasteiger partial charge on any atom is 0.227 e. The van der Waals surface area contributed by atoms with E-state index in [0.717, 1.165) is 31.4 Å². The number of benzene rings is 2. The fourth-order valence-corrected chi connectivity index (χ4v) is 5.55. The van der Waals surface area contributed by atoms with Gasteiger partial charge in [0.25, 0.3) is 0 Å². The monoisotopic (exact) mass is 607 g/mol. The van der Waals surface area contributed by atoms with Crippen LogP contribution >= 0.6 is 0 Å². The van der Waals surface area contributed by atoms with E-state index in [1.807, 2.05) is 43.3 Å². The molecule has 0 radical (unpaired) electrons. The summed E-state index contributed by atoms with van der Waals surface area (Å²) < 4.78 is 30.9. The molecule has 10 nitrogen and oxygen atoms in total. The summed E-state index contributed by atoms with van der Waals surface area (Å²) in [5.74, 6) is -0.667. The average Bonchev–Trinajstić information content (AvgIpc) is 3.61. The minimum atomic E-state index is -0.597. The van der Waals surface area contributed by atoms with Crippen molar-refractivity contribution in [3.8, 4) is 33.9 Å². The predicted octanol–water partition coefficient (Wildman–Crippen LogP) is 6.22. The molecule has 45 heavy (non-hydrogen) atoms. The fraction of sp³-hybridized carbons (Fsp3) is 0.242. The molecule has 0 bridgehead atoms. The number of hydrogen-bond acceptors (Lipinski definition) is 7. The second-order valence-corrected chi connectivity index (χ2v) is 11.6. The van der Waals surface area contributed by atoms with Gasteiger partial charge in [0, 0.05) is 42.0 Å². The Morgan fingerprint density at radius 3 is 2.64 bits per heavy atom. The van der Waals surface area contributed by atoms with Crippen molar-refractivity contribution < 1.29 is 13.6 Å². The van der Waals surface area contributed by atoms with E-state index in [1.165, 1.54) is 30.7 Å². The Labute approximate surface area is 257 Å². The van der Waals surface area contributed by atoms with Crippen molar-refractivity contribution in [2.75, 3.05) is 37.8 Å². The summed E-state index contributed by atoms with van der Waals surface area (Å²) >= 11 is 0. The first-order valence-electron chi connectivity index (χ1n) is 14.8. The molecule has 4 aromatic heterocycles. The maximum absolute atomic E-state index is 16.2. The van der Waals surface area contributed by atoms with Gasteiger partial charge in [0.15, 0.2) is 11.6 Å². The fourth-order valence-electron chi connectivity index (χ4n) is 5.55. The Kier molecular flexibility index (Phi) is 7.42. The van der Waals surface area contributed by atoms with Gasteiger partial charge in [-0.05, 0) is 62.8 Å². The lowest BCUT2D eigenvalue weighted by Gasteiger charge is -2.24. The number of nitrogens with one attached hydrogen (secondary N) is 4. The molecule has 12 heteroatoms. The van der Waals surface area contributed by atoms with Crippen LogP contribution in [-0.4, -0.2) is 68.1 Å². The number of imidazole rings is 1. The molecule has 1 saturated carbocycles. The van der Waals surface area contributed by atoms with Crippen molar-refractivity contribution in [1.82, 2.24) is 35.0 Å². The smallest absolute Gasteiger partial charge is 0.227 e. The van der Waals surface area contributed by atoms with Crippen LogP contribution in [0.15, 0.2) is 61.1 Å². The highest BCUT2D eigenvalue weighted by atomic mass is 19.1. The first-order valence-corrected chi connectivity index (χ1v) is 14.8. The largest absolute Gasteiger partial charge is 0.384 e. The number of carbonyl (C=O) groups is 1. The Morgan fingerprint density at radius 2 is 1.84 bits per heavy atom. The summed E-state index contributed by atoms with van der Waals surface area (Å²) in [5, 5.41) is 13.6. The lowest BCUT2D eigenvalue weighted by Crippen LogP contribution is -2.28. The number of amides is 1. The minimum Gasteiger partial charge on any atom is -0.384 e. The molecule has 0 unspecified atom stereocenters. The quantitative estimate of drug-likeness (QED) is 0.154. The van der Waals surface area contributed by atoms with Gasteiger partial charge < -0.3 is 20.5 Å². The van der Waals surface area contributed by atoms with Gasteiger partial charge in [-0.15, -0.1) is 0 Å². The van der Waals surface area contributed by atoms with Crippen LogP contribution < -0.4 is 10.6 Å². The molecule has 6 aromatic rings. The molecule has 1 aliphatic carbocycles. The SMILES string of the molecule is CN(C)CCNc1cc(F)cc(-c2cccc3[nH]c(-c4n[nH]c5cnc(-c6cncc(NC(=O)C7CCC7)c6)c(F)c45)nc23)c1. The van der Waals surface area contributed by atoms with E-state index in [-0.39, 0.29) is 34.4 Å². The van der Waals surface area contributed by atoms with E-state index >= 15 is 4.39 Å². The third-order valence-electron chi connectivity index (χ3n) is 8.13. The number of pyridine rings is 2. The van der Waals surface area contributed by atoms with E-state index in [2.05, 4.69) is 35.8 Å². The number of likely N-dealkylation sites (N-methyl/N-ethyl adjacent to an activating group) is 1. The van der Waals surface area contributed by atoms with Gasteiger partial charge >= 0.3 is 0 Å². The normalized spacial score (nSPS) is 13.4. The van der Waals surface area contributed by atoms with E-state index in [1.54, 1.807) is 6.07 Å². The highest BCUT2D eigenvalue weighted by Crippen LogP contribution is 2.36. The number of fused-ring (bicyclic) bond motifs is 2. The molecular formula is C33H31F2N9O. The van der Waals surface area contributed by atoms with Gasteiger partial charge in [-0.2, -0.15) is 5.10 Å². The highest BCUT2D eigenvalue weighted by molar-refractivity contribution is 5.99. The summed E-state index contributed by atoms with van der Waals surface area (Å²) in [7, 11) is 3.96. The zero-order valence-electron chi connectivity index (χ0n) is 24.8. The van der Waals surface area contributed by atoms with Crippen molar-refractivity contribution in [2.24, 2.45) is 5.92 Å². The molecule has 1 fully saturated rings. The molecule has 4 heterocycles. The maximum atomic E-state index is 16.2. The van der Waals surface area contributed by atoms with Crippen LogP contribution in [0.1, 0.15) is 19.3 Å². The van der Waals surface area contributed by atoms with Crippen molar-refractivity contribution in [3.05, 3.63) is 72.7 Å². The number of anilines is 2. The van der Waals surface area contributed by atoms with Gasteiger partial charge in [-0.3, -0.25) is 19.9 Å². The lowest BCUT2D eigenvalue weighted by atomic mass is 9.85. The highest BCUT2D eigenvalue weighted by Gasteiger charge is 2.26. The minimum absolute atomic E-state index is 0.00500. The van der Waals surface area contributed by atoms with Crippen molar-refractivity contribution in [2.45, 2.75) is 19.3 Å². The molecule has 0 aliphatic heterocycles. The third-order valence-corrected chi connectivity index (χ3v) is 8.13. The first kappa shape index (κ1) is 28.5. The zero-order chi connectivity index (χ0) is 31.1.